The minimum Gasteiger partial charge on any atom is -0.491 e. The minimum atomic E-state index is -3.62. The number of fused-ring (bicyclic) bond motifs is 1. The molecule has 1 unspecified atom stereocenters. The molecule has 1 aliphatic rings. The molecule has 1 aliphatic heterocycles. The molecule has 3 rings (SSSR count). The van der Waals surface area contributed by atoms with Gasteiger partial charge in [-0.15, -0.1) is 0 Å². The zero-order chi connectivity index (χ0) is 15.0. The number of hydrogen-bond acceptors (Lipinski definition) is 3. The number of halogens is 2. The minimum absolute atomic E-state index is 0.176. The van der Waals surface area contributed by atoms with Gasteiger partial charge in [0.25, 0.3) is 0 Å². The molecule has 0 bridgehead atoms. The maximum Gasteiger partial charge on any atom is 0.241 e. The summed E-state index contributed by atoms with van der Waals surface area (Å²) < 4.78 is 33.8. The van der Waals surface area contributed by atoms with Gasteiger partial charge in [-0.25, -0.2) is 13.1 Å². The van der Waals surface area contributed by atoms with Crippen molar-refractivity contribution in [2.45, 2.75) is 10.9 Å². The summed E-state index contributed by atoms with van der Waals surface area (Å²) in [5, 5.41) is 0.493. The van der Waals surface area contributed by atoms with Crippen LogP contribution in [0, 0.1) is 0 Å². The molecule has 1 atom stereocenters. The van der Waals surface area contributed by atoms with Crippen LogP contribution in [-0.4, -0.2) is 15.0 Å². The van der Waals surface area contributed by atoms with E-state index in [9.17, 15) is 8.42 Å². The van der Waals surface area contributed by atoms with Crippen molar-refractivity contribution in [3.63, 3.8) is 0 Å². The molecule has 0 amide bonds. The highest BCUT2D eigenvalue weighted by Crippen LogP contribution is 2.35. The Bertz CT molecular complexity index is 777. The van der Waals surface area contributed by atoms with Gasteiger partial charge in [0, 0.05) is 15.1 Å². The van der Waals surface area contributed by atoms with Crippen LogP contribution in [0.2, 0.25) is 5.02 Å². The number of benzene rings is 2. The summed E-state index contributed by atoms with van der Waals surface area (Å²) in [5.74, 6) is 0.696. The first kappa shape index (κ1) is 14.8. The van der Waals surface area contributed by atoms with Gasteiger partial charge in [0.2, 0.25) is 10.0 Å². The van der Waals surface area contributed by atoms with E-state index in [0.29, 0.717) is 10.8 Å². The van der Waals surface area contributed by atoms with E-state index in [2.05, 4.69) is 20.7 Å². The fraction of sp³-hybridized carbons (Fsp3) is 0.143. The monoisotopic (exact) mass is 387 g/mol. The van der Waals surface area contributed by atoms with Gasteiger partial charge in [-0.1, -0.05) is 27.5 Å². The van der Waals surface area contributed by atoms with Crippen molar-refractivity contribution in [1.82, 2.24) is 4.72 Å². The number of ether oxygens (including phenoxy) is 1. The van der Waals surface area contributed by atoms with Crippen LogP contribution in [0.25, 0.3) is 0 Å². The normalized spacial score (nSPS) is 17.3. The number of sulfonamides is 1. The van der Waals surface area contributed by atoms with E-state index >= 15 is 0 Å². The second kappa shape index (κ2) is 5.61. The molecule has 2 aromatic carbocycles. The number of nitrogens with one attached hydrogen (secondary N) is 1. The fourth-order valence-electron chi connectivity index (χ4n) is 2.15. The van der Waals surface area contributed by atoms with Crippen LogP contribution in [0.4, 0.5) is 0 Å². The van der Waals surface area contributed by atoms with Crippen LogP contribution in [-0.2, 0) is 10.0 Å². The zero-order valence-electron chi connectivity index (χ0n) is 10.7. The summed E-state index contributed by atoms with van der Waals surface area (Å²) in [4.78, 5) is 0.176. The molecule has 7 heteroatoms. The third-order valence-corrected chi connectivity index (χ3v) is 5.41. The molecular weight excluding hydrogens is 378 g/mol. The van der Waals surface area contributed by atoms with Gasteiger partial charge in [-0.3, -0.25) is 0 Å². The molecule has 0 fully saturated rings. The van der Waals surface area contributed by atoms with Crippen molar-refractivity contribution in [2.24, 2.45) is 0 Å². The maximum absolute atomic E-state index is 12.4. The molecule has 110 valence electrons. The number of hydrogen-bond donors (Lipinski definition) is 1. The highest BCUT2D eigenvalue weighted by atomic mass is 79.9. The molecule has 4 nitrogen and oxygen atoms in total. The topological polar surface area (TPSA) is 55.4 Å². The largest absolute Gasteiger partial charge is 0.491 e. The average Bonchev–Trinajstić information content (AvgIpc) is 2.81. The first-order valence-electron chi connectivity index (χ1n) is 6.16. The summed E-state index contributed by atoms with van der Waals surface area (Å²) in [6, 6.07) is 11.2. The van der Waals surface area contributed by atoms with Gasteiger partial charge in [-0.2, -0.15) is 0 Å². The van der Waals surface area contributed by atoms with Crippen molar-refractivity contribution in [1.29, 1.82) is 0 Å². The Morgan fingerprint density at radius 3 is 2.62 bits per heavy atom. The smallest absolute Gasteiger partial charge is 0.241 e. The lowest BCUT2D eigenvalue weighted by atomic mass is 10.1. The molecular formula is C14H11BrClNO3S. The lowest BCUT2D eigenvalue weighted by Gasteiger charge is -2.12. The number of rotatable bonds is 3. The predicted molar refractivity (Wildman–Crippen MR) is 84.2 cm³/mol. The van der Waals surface area contributed by atoms with Gasteiger partial charge in [0.1, 0.15) is 12.4 Å². The van der Waals surface area contributed by atoms with E-state index in [4.69, 9.17) is 16.3 Å². The summed E-state index contributed by atoms with van der Waals surface area (Å²) in [7, 11) is -3.62. The molecule has 2 aromatic rings. The molecule has 0 saturated heterocycles. The Morgan fingerprint density at radius 1 is 1.19 bits per heavy atom. The average molecular weight is 389 g/mol. The van der Waals surface area contributed by atoms with Crippen LogP contribution in [0.5, 0.6) is 5.75 Å². The zero-order valence-corrected chi connectivity index (χ0v) is 13.9. The molecule has 1 heterocycles. The van der Waals surface area contributed by atoms with Crippen molar-refractivity contribution in [2.75, 3.05) is 6.61 Å². The molecule has 0 aromatic heterocycles. The van der Waals surface area contributed by atoms with Gasteiger partial charge in [0.15, 0.2) is 0 Å². The molecule has 1 N–H and O–H groups in total. The van der Waals surface area contributed by atoms with Crippen LogP contribution in [0.1, 0.15) is 11.6 Å². The summed E-state index contributed by atoms with van der Waals surface area (Å²) in [6.45, 7) is 0.276. The van der Waals surface area contributed by atoms with Crippen LogP contribution >= 0.6 is 27.5 Å². The maximum atomic E-state index is 12.4. The van der Waals surface area contributed by atoms with E-state index < -0.39 is 16.1 Å². The van der Waals surface area contributed by atoms with Crippen molar-refractivity contribution >= 4 is 37.6 Å². The van der Waals surface area contributed by atoms with Crippen LogP contribution in [0.15, 0.2) is 51.8 Å². The molecule has 21 heavy (non-hydrogen) atoms. The summed E-state index contributed by atoms with van der Waals surface area (Å²) in [6.07, 6.45) is 0. The SMILES string of the molecule is O=S(=O)(NC1COc2ccc(Br)cc21)c1ccc(Cl)cc1. The van der Waals surface area contributed by atoms with E-state index in [1.807, 2.05) is 18.2 Å². The highest BCUT2D eigenvalue weighted by Gasteiger charge is 2.29. The Hall–Kier alpha value is -1.08. The molecule has 0 radical (unpaired) electrons. The van der Waals surface area contributed by atoms with Gasteiger partial charge in [-0.05, 0) is 42.5 Å². The third kappa shape index (κ3) is 3.08. The molecule has 0 saturated carbocycles. The van der Waals surface area contributed by atoms with Crippen LogP contribution < -0.4 is 9.46 Å². The molecule has 0 spiro atoms. The van der Waals surface area contributed by atoms with Gasteiger partial charge >= 0.3 is 0 Å². The lowest BCUT2D eigenvalue weighted by molar-refractivity contribution is 0.325. The van der Waals surface area contributed by atoms with Gasteiger partial charge < -0.3 is 4.74 Å². The molecule has 0 aliphatic carbocycles. The van der Waals surface area contributed by atoms with E-state index in [1.54, 1.807) is 12.1 Å². The van der Waals surface area contributed by atoms with Crippen LogP contribution in [0.3, 0.4) is 0 Å². The van der Waals surface area contributed by atoms with E-state index in [1.165, 1.54) is 12.1 Å². The Morgan fingerprint density at radius 2 is 1.90 bits per heavy atom. The Labute approximate surface area is 136 Å². The first-order chi connectivity index (χ1) is 9.95. The van der Waals surface area contributed by atoms with Crippen molar-refractivity contribution < 1.29 is 13.2 Å². The second-order valence-corrected chi connectivity index (χ2v) is 7.69. The first-order valence-corrected chi connectivity index (χ1v) is 8.81. The van der Waals surface area contributed by atoms with E-state index in [-0.39, 0.29) is 11.5 Å². The Kier molecular flexibility index (Phi) is 3.96. The second-order valence-electron chi connectivity index (χ2n) is 4.62. The summed E-state index contributed by atoms with van der Waals surface area (Å²) in [5.41, 5.74) is 0.821. The Balaban J connectivity index is 1.88. The fourth-order valence-corrected chi connectivity index (χ4v) is 3.86. The van der Waals surface area contributed by atoms with Gasteiger partial charge in [0.05, 0.1) is 10.9 Å². The lowest BCUT2D eigenvalue weighted by Crippen LogP contribution is -2.29. The standard InChI is InChI=1S/C14H11BrClNO3S/c15-9-1-6-14-12(7-9)13(8-20-14)17-21(18,19)11-4-2-10(16)3-5-11/h1-7,13,17H,8H2. The quantitative estimate of drug-likeness (QED) is 0.875. The predicted octanol–water partition coefficient (Wildman–Crippen LogP) is 3.51. The van der Waals surface area contributed by atoms with Crippen molar-refractivity contribution in [3.05, 3.63) is 57.5 Å². The van der Waals surface area contributed by atoms with Crippen molar-refractivity contribution in [3.8, 4) is 5.75 Å². The highest BCUT2D eigenvalue weighted by molar-refractivity contribution is 9.10. The third-order valence-electron chi connectivity index (χ3n) is 3.17. The summed E-state index contributed by atoms with van der Waals surface area (Å²) >= 11 is 9.15. The van der Waals surface area contributed by atoms with E-state index in [0.717, 1.165) is 10.0 Å².